The molecule has 53 heavy (non-hydrogen) atoms. The zero-order valence-electron chi connectivity index (χ0n) is 29.3. The summed E-state index contributed by atoms with van der Waals surface area (Å²) in [6.45, 7) is -0.203. The predicted octanol–water partition coefficient (Wildman–Crippen LogP) is 7.41. The molecule has 0 fully saturated rings. The molecule has 0 amide bonds. The van der Waals surface area contributed by atoms with Gasteiger partial charge in [-0.2, -0.15) is 0 Å². The third kappa shape index (κ3) is 4.57. The summed E-state index contributed by atoms with van der Waals surface area (Å²) < 4.78 is 2.53. The Balaban J connectivity index is 1.36. The van der Waals surface area contributed by atoms with Crippen molar-refractivity contribution in [2.24, 2.45) is 0 Å². The van der Waals surface area contributed by atoms with Gasteiger partial charge in [0.2, 0.25) is 5.95 Å². The Labute approximate surface area is 313 Å². The first kappa shape index (κ1) is 30.5. The van der Waals surface area contributed by atoms with Gasteiger partial charge < -0.3 is 4.81 Å². The quantitative estimate of drug-likeness (QED) is 0.181. The maximum Gasteiger partial charge on any atom is 0.332 e. The molecule has 0 aliphatic carbocycles. The predicted molar refractivity (Wildman–Crippen MR) is 235 cm³/mol. The van der Waals surface area contributed by atoms with E-state index in [0.717, 1.165) is 22.2 Å². The number of anilines is 2. The molecule has 0 saturated carbocycles. The fourth-order valence-electron chi connectivity index (χ4n) is 8.59. The molecule has 1 aliphatic rings. The minimum Gasteiger partial charge on any atom is -0.344 e. The molecule has 2 aromatic heterocycles. The van der Waals surface area contributed by atoms with Gasteiger partial charge in [-0.15, -0.1) is 11.3 Å². The third-order valence-corrected chi connectivity index (χ3v) is 12.2. The van der Waals surface area contributed by atoms with Crippen LogP contribution in [0.1, 0.15) is 0 Å². The monoisotopic (exact) mass is 689 g/mol. The Bertz CT molecular complexity index is 3100. The van der Waals surface area contributed by atoms with Crippen molar-refractivity contribution < 1.29 is 0 Å². The number of hydrogen-bond acceptors (Lipinski definition) is 4. The number of para-hydroxylation sites is 1. The molecule has 7 heteroatoms. The van der Waals surface area contributed by atoms with Crippen LogP contribution < -0.4 is 26.7 Å². The molecule has 0 saturated heterocycles. The molecule has 0 radical (unpaired) electrons. The summed E-state index contributed by atoms with van der Waals surface area (Å²) in [5.41, 5.74) is 11.5. The molecule has 8 aromatic carbocycles. The molecule has 3 heterocycles. The lowest BCUT2D eigenvalue weighted by Gasteiger charge is -2.39. The van der Waals surface area contributed by atoms with Crippen LogP contribution in [0.25, 0.3) is 75.0 Å². The third-order valence-electron chi connectivity index (χ3n) is 11.1. The van der Waals surface area contributed by atoms with Gasteiger partial charge in [0.1, 0.15) is 15.7 Å². The largest absolute Gasteiger partial charge is 0.344 e. The van der Waals surface area contributed by atoms with Gasteiger partial charge in [0, 0.05) is 32.0 Å². The standard InChI is InChI=1S/C46H30B3N3S/c47-29-20-17-28(18-21-29)43-35-13-5-7-15-38(35)50-46(51-43)52-44-40(33-11-3-4-12-34(33)41-36-14-6-8-16-39(36)53-45(41)44)37-26-19-27-9-1-2-10-32(27)42(37)49(52)31-24-22-30(48)23-25-31/h1-26H,47-48H2. The second-order valence-electron chi connectivity index (χ2n) is 14.3. The van der Waals surface area contributed by atoms with E-state index >= 15 is 0 Å². The van der Waals surface area contributed by atoms with Gasteiger partial charge in [0.15, 0.2) is 0 Å². The van der Waals surface area contributed by atoms with Crippen molar-refractivity contribution in [1.82, 2.24) is 9.97 Å². The molecular weight excluding hydrogens is 659 g/mol. The lowest BCUT2D eigenvalue weighted by atomic mass is 9.45. The highest BCUT2D eigenvalue weighted by molar-refractivity contribution is 7.26. The summed E-state index contributed by atoms with van der Waals surface area (Å²) >= 11 is 1.88. The van der Waals surface area contributed by atoms with E-state index < -0.39 is 0 Å². The minimum absolute atomic E-state index is 0.203. The summed E-state index contributed by atoms with van der Waals surface area (Å²) in [5.74, 6) is 0.693. The number of hydrogen-bond donors (Lipinski definition) is 0. The Kier molecular flexibility index (Phi) is 6.71. The first-order valence-corrected chi connectivity index (χ1v) is 19.0. The van der Waals surface area contributed by atoms with Gasteiger partial charge >= 0.3 is 6.85 Å². The van der Waals surface area contributed by atoms with Crippen molar-refractivity contribution in [1.29, 1.82) is 0 Å². The van der Waals surface area contributed by atoms with Crippen LogP contribution in [0.4, 0.5) is 11.6 Å². The van der Waals surface area contributed by atoms with Crippen LogP contribution in [0.5, 0.6) is 0 Å². The van der Waals surface area contributed by atoms with Gasteiger partial charge in [0.05, 0.1) is 21.6 Å². The van der Waals surface area contributed by atoms with Gasteiger partial charge in [-0.1, -0.05) is 162 Å². The van der Waals surface area contributed by atoms with Crippen molar-refractivity contribution in [3.8, 4) is 22.4 Å². The molecule has 11 rings (SSSR count). The Morgan fingerprint density at radius 2 is 1.19 bits per heavy atom. The summed E-state index contributed by atoms with van der Waals surface area (Å²) in [5, 5.41) is 8.58. The number of thiophene rings is 1. The van der Waals surface area contributed by atoms with Crippen LogP contribution in [0.3, 0.4) is 0 Å². The summed E-state index contributed by atoms with van der Waals surface area (Å²) in [6.07, 6.45) is 0. The first-order chi connectivity index (χ1) is 26.1. The zero-order valence-corrected chi connectivity index (χ0v) is 30.2. The summed E-state index contributed by atoms with van der Waals surface area (Å²) in [4.78, 5) is 13.6. The Hall–Kier alpha value is -6.17. The van der Waals surface area contributed by atoms with Gasteiger partial charge in [-0.05, 0) is 44.7 Å². The lowest BCUT2D eigenvalue weighted by Crippen LogP contribution is -2.58. The van der Waals surface area contributed by atoms with Crippen LogP contribution >= 0.6 is 11.3 Å². The van der Waals surface area contributed by atoms with Crippen molar-refractivity contribution >= 4 is 120 Å². The van der Waals surface area contributed by atoms with E-state index in [9.17, 15) is 0 Å². The van der Waals surface area contributed by atoms with E-state index in [4.69, 9.17) is 9.97 Å². The molecular formula is C46H30B3N3S. The van der Waals surface area contributed by atoms with Gasteiger partial charge in [-0.25, -0.2) is 9.97 Å². The van der Waals surface area contributed by atoms with Gasteiger partial charge in [0.25, 0.3) is 0 Å². The fourth-order valence-corrected chi connectivity index (χ4v) is 9.86. The summed E-state index contributed by atoms with van der Waals surface area (Å²) in [6, 6.07) is 57.6. The fraction of sp³-hybridized carbons (Fsp3) is 0. The van der Waals surface area contributed by atoms with Gasteiger partial charge in [-0.3, -0.25) is 0 Å². The molecule has 0 N–H and O–H groups in total. The van der Waals surface area contributed by atoms with E-state index in [1.165, 1.54) is 80.4 Å². The molecule has 0 bridgehead atoms. The molecule has 0 spiro atoms. The van der Waals surface area contributed by atoms with E-state index in [1.54, 1.807) is 0 Å². The van der Waals surface area contributed by atoms with Crippen molar-refractivity contribution in [2.75, 3.05) is 4.81 Å². The van der Waals surface area contributed by atoms with Crippen molar-refractivity contribution in [2.45, 2.75) is 0 Å². The van der Waals surface area contributed by atoms with E-state index in [2.05, 4.69) is 178 Å². The van der Waals surface area contributed by atoms with Crippen LogP contribution in [0.15, 0.2) is 158 Å². The number of aromatic nitrogens is 2. The summed E-state index contributed by atoms with van der Waals surface area (Å²) in [7, 11) is 4.29. The minimum atomic E-state index is -0.203. The highest BCUT2D eigenvalue weighted by Crippen LogP contribution is 2.53. The molecule has 3 nitrogen and oxygen atoms in total. The van der Waals surface area contributed by atoms with Crippen LogP contribution in [-0.4, -0.2) is 32.5 Å². The van der Waals surface area contributed by atoms with E-state index in [0.29, 0.717) is 5.95 Å². The number of fused-ring (bicyclic) bond motifs is 13. The molecule has 1 aliphatic heterocycles. The lowest BCUT2D eigenvalue weighted by molar-refractivity contribution is 1.16. The highest BCUT2D eigenvalue weighted by Gasteiger charge is 2.42. The molecule has 244 valence electrons. The smallest absolute Gasteiger partial charge is 0.332 e. The Morgan fingerprint density at radius 3 is 1.98 bits per heavy atom. The SMILES string of the molecule is Bc1ccc(B2c3c(ccc4ccccc34)-c3c(c4sc5ccccc5c4c4ccccc34)N2c2nc(-c3ccc(B)cc3)c3ccccc3n2)cc1. The second-order valence-corrected chi connectivity index (χ2v) is 15.3. The van der Waals surface area contributed by atoms with E-state index in [-0.39, 0.29) is 6.85 Å². The molecule has 10 aromatic rings. The first-order valence-electron chi connectivity index (χ1n) is 18.2. The van der Waals surface area contributed by atoms with Crippen LogP contribution in [0, 0.1) is 0 Å². The topological polar surface area (TPSA) is 29.0 Å². The van der Waals surface area contributed by atoms with Crippen LogP contribution in [0.2, 0.25) is 0 Å². The number of benzene rings is 8. The highest BCUT2D eigenvalue weighted by atomic mass is 32.1. The van der Waals surface area contributed by atoms with Crippen LogP contribution in [-0.2, 0) is 0 Å². The number of rotatable bonds is 3. The number of nitrogens with zero attached hydrogens (tertiary/aromatic N) is 3. The molecule has 0 unspecified atom stereocenters. The Morgan fingerprint density at radius 1 is 0.547 bits per heavy atom. The average molecular weight is 689 g/mol. The normalized spacial score (nSPS) is 12.6. The average Bonchev–Trinajstić information content (AvgIpc) is 3.60. The molecule has 0 atom stereocenters. The maximum atomic E-state index is 5.63. The van der Waals surface area contributed by atoms with E-state index in [1.807, 2.05) is 11.3 Å². The second kappa shape index (κ2) is 11.7. The zero-order chi connectivity index (χ0) is 35.2. The van der Waals surface area contributed by atoms with Crippen molar-refractivity contribution in [3.05, 3.63) is 158 Å². The maximum absolute atomic E-state index is 5.63. The van der Waals surface area contributed by atoms with Crippen molar-refractivity contribution in [3.63, 3.8) is 0 Å².